The van der Waals surface area contributed by atoms with Crippen molar-refractivity contribution in [3.63, 3.8) is 0 Å². The highest BCUT2D eigenvalue weighted by atomic mass is 79.9. The van der Waals surface area contributed by atoms with Gasteiger partial charge in [-0.15, -0.1) is 0 Å². The summed E-state index contributed by atoms with van der Waals surface area (Å²) in [4.78, 5) is 12.4. The molecule has 0 N–H and O–H groups in total. The summed E-state index contributed by atoms with van der Waals surface area (Å²) in [5.41, 5.74) is 1.08. The Morgan fingerprint density at radius 2 is 1.82 bits per heavy atom. The van der Waals surface area contributed by atoms with Gasteiger partial charge in [0.1, 0.15) is 6.10 Å². The number of benzene rings is 2. The highest BCUT2D eigenvalue weighted by Gasteiger charge is 2.26. The molecule has 0 aliphatic heterocycles. The largest absolute Gasteiger partial charge is 0.456 e. The lowest BCUT2D eigenvalue weighted by Gasteiger charge is -2.24. The van der Waals surface area contributed by atoms with Crippen LogP contribution in [-0.2, 0) is 9.53 Å². The van der Waals surface area contributed by atoms with Gasteiger partial charge in [-0.05, 0) is 23.6 Å². The topological polar surface area (TPSA) is 26.3 Å². The van der Waals surface area contributed by atoms with Crippen molar-refractivity contribution < 1.29 is 9.53 Å². The number of hydrogen-bond donors (Lipinski definition) is 0. The van der Waals surface area contributed by atoms with Crippen molar-refractivity contribution in [2.24, 2.45) is 5.92 Å². The quantitative estimate of drug-likeness (QED) is 0.538. The number of ether oxygens (including phenoxy) is 1. The maximum atomic E-state index is 12.4. The van der Waals surface area contributed by atoms with Crippen molar-refractivity contribution in [3.05, 3.63) is 48.0 Å². The summed E-state index contributed by atoms with van der Waals surface area (Å²) in [7, 11) is 0. The highest BCUT2D eigenvalue weighted by Crippen LogP contribution is 2.31. The van der Waals surface area contributed by atoms with E-state index in [1.165, 1.54) is 11.8 Å². The van der Waals surface area contributed by atoms with E-state index < -0.39 is 0 Å². The van der Waals surface area contributed by atoms with Crippen LogP contribution in [0, 0.1) is 5.92 Å². The summed E-state index contributed by atoms with van der Waals surface area (Å²) in [5.74, 6) is 0.0577. The molecule has 2 aromatic rings. The Hall–Kier alpha value is -1.35. The van der Waals surface area contributed by atoms with Crippen LogP contribution >= 0.6 is 15.9 Å². The summed E-state index contributed by atoms with van der Waals surface area (Å²) < 4.78 is 5.85. The highest BCUT2D eigenvalue weighted by molar-refractivity contribution is 9.09. The van der Waals surface area contributed by atoms with Crippen LogP contribution in [0.3, 0.4) is 0 Å². The number of carbonyl (C=O) groups is 1. The minimum atomic E-state index is -0.222. The van der Waals surface area contributed by atoms with E-state index in [1.807, 2.05) is 18.2 Å². The van der Waals surface area contributed by atoms with Crippen LogP contribution in [0.5, 0.6) is 0 Å². The molecule has 22 heavy (non-hydrogen) atoms. The van der Waals surface area contributed by atoms with E-state index in [1.54, 1.807) is 0 Å². The average Bonchev–Trinajstić information content (AvgIpc) is 2.60. The van der Waals surface area contributed by atoms with Crippen LogP contribution < -0.4 is 0 Å². The minimum Gasteiger partial charge on any atom is -0.456 e. The van der Waals surface area contributed by atoms with Gasteiger partial charge in [-0.1, -0.05) is 77.7 Å². The van der Waals surface area contributed by atoms with Gasteiger partial charge in [-0.2, -0.15) is 0 Å². The fraction of sp³-hybridized carbons (Fsp3) is 0.421. The summed E-state index contributed by atoms with van der Waals surface area (Å²) >= 11 is 3.51. The fourth-order valence-corrected chi connectivity index (χ4v) is 3.77. The number of hydrogen-bond acceptors (Lipinski definition) is 2. The van der Waals surface area contributed by atoms with E-state index >= 15 is 0 Å². The minimum absolute atomic E-state index is 0.0305. The Bertz CT molecular complexity index is 641. The molecule has 0 saturated heterocycles. The Balaban J connectivity index is 1.82. The van der Waals surface area contributed by atoms with Crippen molar-refractivity contribution in [3.8, 4) is 0 Å². The molecule has 0 bridgehead atoms. The van der Waals surface area contributed by atoms with Crippen molar-refractivity contribution in [1.29, 1.82) is 0 Å². The van der Waals surface area contributed by atoms with Gasteiger partial charge in [0, 0.05) is 10.9 Å². The first-order valence-corrected chi connectivity index (χ1v) is 9.16. The molecule has 2 nitrogen and oxygen atoms in total. The molecule has 1 fully saturated rings. The van der Waals surface area contributed by atoms with Crippen molar-refractivity contribution in [1.82, 2.24) is 0 Å². The molecule has 0 heterocycles. The number of carbonyl (C=O) groups excluding carboxylic acids is 1. The summed E-state index contributed by atoms with van der Waals surface area (Å²) in [6, 6.07) is 14.4. The zero-order valence-corrected chi connectivity index (χ0v) is 14.2. The van der Waals surface area contributed by atoms with E-state index in [9.17, 15) is 4.79 Å². The first kappa shape index (κ1) is 15.5. The number of halogens is 1. The molecular formula is C19H21BrO2. The van der Waals surface area contributed by atoms with Crippen molar-refractivity contribution >= 4 is 32.7 Å². The molecule has 0 radical (unpaired) electrons. The zero-order chi connectivity index (χ0) is 15.4. The van der Waals surface area contributed by atoms with Gasteiger partial charge < -0.3 is 4.74 Å². The van der Waals surface area contributed by atoms with Gasteiger partial charge in [0.05, 0.1) is 5.92 Å². The summed E-state index contributed by atoms with van der Waals surface area (Å²) in [5, 5.41) is 2.96. The van der Waals surface area contributed by atoms with Gasteiger partial charge >= 0.3 is 5.97 Å². The van der Waals surface area contributed by atoms with E-state index in [2.05, 4.69) is 40.2 Å². The molecule has 1 aliphatic carbocycles. The van der Waals surface area contributed by atoms with E-state index in [0.29, 0.717) is 5.33 Å². The Morgan fingerprint density at radius 3 is 2.59 bits per heavy atom. The second kappa shape index (κ2) is 7.28. The second-order valence-corrected chi connectivity index (χ2v) is 6.63. The van der Waals surface area contributed by atoms with Crippen LogP contribution in [-0.4, -0.2) is 11.3 Å². The number of alkyl halides is 1. The third-order valence-corrected chi connectivity index (χ3v) is 5.10. The Labute approximate surface area is 140 Å². The number of esters is 1. The van der Waals surface area contributed by atoms with Crippen molar-refractivity contribution in [2.45, 2.75) is 38.2 Å². The standard InChI is InChI=1S/C19H21BrO2/c20-13-18(22-19(21)15-8-2-1-3-9-15)17-12-6-10-14-7-4-5-11-16(14)17/h4-7,10-12,15,18H,1-3,8-9,13H2/t18-/m1/s1. The third kappa shape index (κ3) is 3.35. The monoisotopic (exact) mass is 360 g/mol. The van der Waals surface area contributed by atoms with Crippen LogP contribution in [0.25, 0.3) is 10.8 Å². The first-order chi connectivity index (χ1) is 10.8. The molecule has 116 valence electrons. The normalized spacial score (nSPS) is 17.3. The third-order valence-electron chi connectivity index (χ3n) is 4.51. The van der Waals surface area contributed by atoms with Gasteiger partial charge in [-0.3, -0.25) is 4.79 Å². The van der Waals surface area contributed by atoms with Crippen LogP contribution in [0.1, 0.15) is 43.8 Å². The van der Waals surface area contributed by atoms with Crippen molar-refractivity contribution in [2.75, 3.05) is 5.33 Å². The lowest BCUT2D eigenvalue weighted by molar-refractivity contribution is -0.154. The van der Waals surface area contributed by atoms with Crippen LogP contribution in [0.15, 0.2) is 42.5 Å². The predicted molar refractivity (Wildman–Crippen MR) is 93.2 cm³/mol. The Kier molecular flexibility index (Phi) is 5.14. The van der Waals surface area contributed by atoms with E-state index in [-0.39, 0.29) is 18.0 Å². The molecule has 3 heteroatoms. The first-order valence-electron chi connectivity index (χ1n) is 8.03. The van der Waals surface area contributed by atoms with Gasteiger partial charge in [0.2, 0.25) is 0 Å². The number of fused-ring (bicyclic) bond motifs is 1. The second-order valence-electron chi connectivity index (χ2n) is 5.98. The van der Waals surface area contributed by atoms with Gasteiger partial charge in [0.15, 0.2) is 0 Å². The van der Waals surface area contributed by atoms with E-state index in [0.717, 1.165) is 36.6 Å². The summed E-state index contributed by atoms with van der Waals surface area (Å²) in [6.45, 7) is 0. The molecule has 0 spiro atoms. The molecule has 1 saturated carbocycles. The summed E-state index contributed by atoms with van der Waals surface area (Å²) in [6.07, 6.45) is 5.27. The molecule has 1 atom stereocenters. The lowest BCUT2D eigenvalue weighted by Crippen LogP contribution is -2.23. The smallest absolute Gasteiger partial charge is 0.309 e. The molecular weight excluding hydrogens is 340 g/mol. The molecule has 2 aromatic carbocycles. The maximum Gasteiger partial charge on any atom is 0.309 e. The molecule has 1 aliphatic rings. The average molecular weight is 361 g/mol. The predicted octanol–water partition coefficient (Wildman–Crippen LogP) is 5.40. The number of rotatable bonds is 4. The van der Waals surface area contributed by atoms with Crippen LogP contribution in [0.4, 0.5) is 0 Å². The van der Waals surface area contributed by atoms with Gasteiger partial charge in [-0.25, -0.2) is 0 Å². The van der Waals surface area contributed by atoms with Crippen LogP contribution in [0.2, 0.25) is 0 Å². The molecule has 0 amide bonds. The molecule has 0 unspecified atom stereocenters. The molecule has 0 aromatic heterocycles. The SMILES string of the molecule is O=C(O[C@H](CBr)c1cccc2ccccc12)C1CCCCC1. The lowest BCUT2D eigenvalue weighted by atomic mass is 9.89. The Morgan fingerprint density at radius 1 is 1.09 bits per heavy atom. The fourth-order valence-electron chi connectivity index (χ4n) is 3.28. The molecule has 3 rings (SSSR count). The van der Waals surface area contributed by atoms with Gasteiger partial charge in [0.25, 0.3) is 0 Å². The maximum absolute atomic E-state index is 12.4. The zero-order valence-electron chi connectivity index (χ0n) is 12.6. The van der Waals surface area contributed by atoms with E-state index in [4.69, 9.17) is 4.74 Å².